The van der Waals surface area contributed by atoms with Crippen LogP contribution in [0.1, 0.15) is 26.7 Å². The number of hydrogen-bond donors (Lipinski definition) is 0. The summed E-state index contributed by atoms with van der Waals surface area (Å²) in [7, 11) is 0. The SMILES string of the molecule is CCOC1CC([N+](=O)[O-])C(OCC)CC1N1CCOCC1. The summed E-state index contributed by atoms with van der Waals surface area (Å²) in [5.74, 6) is 0. The van der Waals surface area contributed by atoms with Crippen molar-refractivity contribution in [3.63, 3.8) is 0 Å². The van der Waals surface area contributed by atoms with Crippen molar-refractivity contribution in [3.8, 4) is 0 Å². The van der Waals surface area contributed by atoms with Gasteiger partial charge in [0.1, 0.15) is 6.10 Å². The van der Waals surface area contributed by atoms with Crippen LogP contribution in [0.3, 0.4) is 0 Å². The van der Waals surface area contributed by atoms with Crippen LogP contribution < -0.4 is 0 Å². The van der Waals surface area contributed by atoms with Crippen LogP contribution in [0.5, 0.6) is 0 Å². The molecule has 0 bridgehead atoms. The lowest BCUT2D eigenvalue weighted by Gasteiger charge is -2.44. The quantitative estimate of drug-likeness (QED) is 0.537. The number of morpholine rings is 1. The van der Waals surface area contributed by atoms with Crippen molar-refractivity contribution >= 4 is 0 Å². The zero-order chi connectivity index (χ0) is 15.2. The van der Waals surface area contributed by atoms with Gasteiger partial charge in [-0.1, -0.05) is 0 Å². The summed E-state index contributed by atoms with van der Waals surface area (Å²) in [6, 6.07) is -0.486. The highest BCUT2D eigenvalue weighted by Gasteiger charge is 2.46. The minimum absolute atomic E-state index is 0.0970. The van der Waals surface area contributed by atoms with Gasteiger partial charge in [-0.2, -0.15) is 0 Å². The molecule has 7 heteroatoms. The normalized spacial score (nSPS) is 34.8. The Kier molecular flexibility index (Phi) is 6.35. The van der Waals surface area contributed by atoms with Gasteiger partial charge in [-0.3, -0.25) is 15.0 Å². The maximum atomic E-state index is 11.3. The highest BCUT2D eigenvalue weighted by molar-refractivity contribution is 4.94. The number of hydrogen-bond acceptors (Lipinski definition) is 6. The van der Waals surface area contributed by atoms with Gasteiger partial charge in [0.2, 0.25) is 6.04 Å². The second-order valence-corrected chi connectivity index (χ2v) is 5.53. The summed E-state index contributed by atoms with van der Waals surface area (Å²) in [5, 5.41) is 11.3. The first-order valence-corrected chi connectivity index (χ1v) is 7.85. The van der Waals surface area contributed by atoms with Gasteiger partial charge in [0.25, 0.3) is 0 Å². The van der Waals surface area contributed by atoms with Crippen LogP contribution in [-0.4, -0.2) is 73.6 Å². The number of rotatable bonds is 6. The Hall–Kier alpha value is -0.760. The Balaban J connectivity index is 2.10. The van der Waals surface area contributed by atoms with E-state index in [0.29, 0.717) is 39.3 Å². The minimum Gasteiger partial charge on any atom is -0.379 e. The summed E-state index contributed by atoms with van der Waals surface area (Å²) in [5.41, 5.74) is 0. The second kappa shape index (κ2) is 8.03. The fourth-order valence-electron chi connectivity index (χ4n) is 3.40. The summed E-state index contributed by atoms with van der Waals surface area (Å²) in [4.78, 5) is 13.4. The summed E-state index contributed by atoms with van der Waals surface area (Å²) < 4.78 is 16.9. The third-order valence-corrected chi connectivity index (χ3v) is 4.35. The second-order valence-electron chi connectivity index (χ2n) is 5.53. The van der Waals surface area contributed by atoms with Crippen molar-refractivity contribution in [3.05, 3.63) is 10.1 Å². The minimum atomic E-state index is -0.668. The molecule has 122 valence electrons. The zero-order valence-electron chi connectivity index (χ0n) is 12.9. The molecule has 4 unspecified atom stereocenters. The predicted octanol–water partition coefficient (Wildman–Crippen LogP) is 0.936. The van der Waals surface area contributed by atoms with Crippen LogP contribution in [0.4, 0.5) is 0 Å². The Labute approximate surface area is 125 Å². The van der Waals surface area contributed by atoms with Crippen LogP contribution in [0.15, 0.2) is 0 Å². The van der Waals surface area contributed by atoms with Crippen molar-refractivity contribution < 1.29 is 19.1 Å². The van der Waals surface area contributed by atoms with E-state index in [2.05, 4.69) is 4.90 Å². The summed E-state index contributed by atoms with van der Waals surface area (Å²) in [6.45, 7) is 8.05. The Morgan fingerprint density at radius 2 is 1.76 bits per heavy atom. The lowest BCUT2D eigenvalue weighted by molar-refractivity contribution is -0.542. The molecular weight excluding hydrogens is 276 g/mol. The molecule has 1 heterocycles. The Bertz CT molecular complexity index is 335. The molecule has 0 spiro atoms. The van der Waals surface area contributed by atoms with Gasteiger partial charge in [-0.05, 0) is 20.3 Å². The molecule has 2 rings (SSSR count). The third-order valence-electron chi connectivity index (χ3n) is 4.35. The maximum absolute atomic E-state index is 11.3. The largest absolute Gasteiger partial charge is 0.379 e. The van der Waals surface area contributed by atoms with E-state index in [9.17, 15) is 10.1 Å². The molecule has 0 aromatic carbocycles. The first-order chi connectivity index (χ1) is 10.2. The van der Waals surface area contributed by atoms with Crippen molar-refractivity contribution in [2.24, 2.45) is 0 Å². The van der Waals surface area contributed by atoms with Crippen LogP contribution in [0.25, 0.3) is 0 Å². The molecule has 2 aliphatic rings. The molecule has 1 aliphatic heterocycles. The molecular formula is C14H26N2O5. The fourth-order valence-corrected chi connectivity index (χ4v) is 3.40. The van der Waals surface area contributed by atoms with Gasteiger partial charge in [0, 0.05) is 43.7 Å². The molecule has 0 aromatic rings. The number of nitro groups is 1. The first-order valence-electron chi connectivity index (χ1n) is 7.85. The van der Waals surface area contributed by atoms with Crippen molar-refractivity contribution in [2.75, 3.05) is 39.5 Å². The van der Waals surface area contributed by atoms with Crippen molar-refractivity contribution in [1.29, 1.82) is 0 Å². The molecule has 1 saturated carbocycles. The molecule has 0 N–H and O–H groups in total. The molecule has 7 nitrogen and oxygen atoms in total. The predicted molar refractivity (Wildman–Crippen MR) is 77.0 cm³/mol. The third kappa shape index (κ3) is 4.12. The average Bonchev–Trinajstić information content (AvgIpc) is 2.49. The fraction of sp³-hybridized carbons (Fsp3) is 1.00. The Morgan fingerprint density at radius 1 is 1.14 bits per heavy atom. The van der Waals surface area contributed by atoms with Crippen LogP contribution >= 0.6 is 0 Å². The number of nitrogens with zero attached hydrogens (tertiary/aromatic N) is 2. The van der Waals surface area contributed by atoms with Crippen molar-refractivity contribution in [1.82, 2.24) is 4.90 Å². The smallest absolute Gasteiger partial charge is 0.241 e. The van der Waals surface area contributed by atoms with Crippen molar-refractivity contribution in [2.45, 2.75) is 51.0 Å². The molecule has 2 fully saturated rings. The number of ether oxygens (including phenoxy) is 3. The molecule has 0 amide bonds. The molecule has 0 aromatic heterocycles. The molecule has 1 aliphatic carbocycles. The van der Waals surface area contributed by atoms with Gasteiger partial charge >= 0.3 is 0 Å². The lowest BCUT2D eigenvalue weighted by Crippen LogP contribution is -2.58. The van der Waals surface area contributed by atoms with E-state index in [4.69, 9.17) is 14.2 Å². The van der Waals surface area contributed by atoms with Gasteiger partial charge in [0.15, 0.2) is 0 Å². The highest BCUT2D eigenvalue weighted by Crippen LogP contribution is 2.30. The van der Waals surface area contributed by atoms with E-state index in [0.717, 1.165) is 13.1 Å². The Morgan fingerprint density at radius 3 is 2.33 bits per heavy atom. The molecule has 1 saturated heterocycles. The molecule has 21 heavy (non-hydrogen) atoms. The highest BCUT2D eigenvalue weighted by atomic mass is 16.6. The molecule has 0 radical (unpaired) electrons. The van der Waals surface area contributed by atoms with E-state index < -0.39 is 6.04 Å². The monoisotopic (exact) mass is 302 g/mol. The first kappa shape index (κ1) is 16.6. The summed E-state index contributed by atoms with van der Waals surface area (Å²) >= 11 is 0. The topological polar surface area (TPSA) is 74.1 Å². The van der Waals surface area contributed by atoms with E-state index in [1.165, 1.54) is 0 Å². The van der Waals surface area contributed by atoms with E-state index >= 15 is 0 Å². The molecule has 4 atom stereocenters. The van der Waals surface area contributed by atoms with Crippen LogP contribution in [-0.2, 0) is 14.2 Å². The van der Waals surface area contributed by atoms with Gasteiger partial charge in [-0.25, -0.2) is 0 Å². The summed E-state index contributed by atoms with van der Waals surface area (Å²) in [6.07, 6.45) is 0.660. The van der Waals surface area contributed by atoms with E-state index in [-0.39, 0.29) is 23.2 Å². The lowest BCUT2D eigenvalue weighted by atomic mass is 9.85. The maximum Gasteiger partial charge on any atom is 0.241 e. The van der Waals surface area contributed by atoms with E-state index in [1.54, 1.807) is 0 Å². The zero-order valence-corrected chi connectivity index (χ0v) is 12.9. The van der Waals surface area contributed by atoms with Gasteiger partial charge in [-0.15, -0.1) is 0 Å². The standard InChI is InChI=1S/C14H26N2O5/c1-3-20-13-10-12(16(17)18)14(21-4-2)9-11(13)15-5-7-19-8-6-15/h11-14H,3-10H2,1-2H3. The van der Waals surface area contributed by atoms with Crippen LogP contribution in [0.2, 0.25) is 0 Å². The average molecular weight is 302 g/mol. The van der Waals surface area contributed by atoms with Crippen LogP contribution in [0, 0.1) is 10.1 Å². The van der Waals surface area contributed by atoms with Gasteiger partial charge < -0.3 is 14.2 Å². The van der Waals surface area contributed by atoms with Gasteiger partial charge in [0.05, 0.1) is 19.3 Å². The van der Waals surface area contributed by atoms with E-state index in [1.807, 2.05) is 13.8 Å².